The molecule has 2 aromatic rings. The van der Waals surface area contributed by atoms with E-state index in [4.69, 9.17) is 10.5 Å². The summed E-state index contributed by atoms with van der Waals surface area (Å²) in [5.74, 6) is 0.133. The van der Waals surface area contributed by atoms with Gasteiger partial charge in [0.05, 0.1) is 5.69 Å². The number of thiazole rings is 1. The maximum absolute atomic E-state index is 10.7. The number of aromatic nitrogens is 1. The Kier molecular flexibility index (Phi) is 4.09. The van der Waals surface area contributed by atoms with E-state index in [0.29, 0.717) is 5.75 Å². The molecule has 106 valence electrons. The number of primary amides is 1. The van der Waals surface area contributed by atoms with Crippen LogP contribution >= 0.6 is 11.3 Å². The third-order valence-corrected chi connectivity index (χ3v) is 3.63. The van der Waals surface area contributed by atoms with Crippen molar-refractivity contribution in [2.24, 2.45) is 5.73 Å². The maximum Gasteiger partial charge on any atom is 0.255 e. The zero-order chi connectivity index (χ0) is 14.8. The second-order valence-corrected chi connectivity index (χ2v) is 6.43. The zero-order valence-electron chi connectivity index (χ0n) is 11.8. The molecule has 0 spiro atoms. The molecule has 0 radical (unpaired) electrons. The summed E-state index contributed by atoms with van der Waals surface area (Å²) in [5.41, 5.74) is 7.15. The van der Waals surface area contributed by atoms with Gasteiger partial charge in [0.15, 0.2) is 6.61 Å². The van der Waals surface area contributed by atoms with Gasteiger partial charge in [-0.25, -0.2) is 4.98 Å². The topological polar surface area (TPSA) is 65.2 Å². The van der Waals surface area contributed by atoms with E-state index in [1.54, 1.807) is 17.4 Å². The molecule has 0 fully saturated rings. The fourth-order valence-corrected chi connectivity index (χ4v) is 2.67. The van der Waals surface area contributed by atoms with E-state index in [1.165, 1.54) is 0 Å². The van der Waals surface area contributed by atoms with Crippen LogP contribution in [0.5, 0.6) is 5.75 Å². The van der Waals surface area contributed by atoms with Gasteiger partial charge in [0.2, 0.25) is 0 Å². The Labute approximate surface area is 122 Å². The van der Waals surface area contributed by atoms with Crippen LogP contribution in [0.4, 0.5) is 0 Å². The normalized spacial score (nSPS) is 11.3. The molecule has 1 aromatic carbocycles. The van der Waals surface area contributed by atoms with Crippen molar-refractivity contribution in [1.29, 1.82) is 0 Å². The summed E-state index contributed by atoms with van der Waals surface area (Å²) in [7, 11) is 0. The molecule has 0 atom stereocenters. The smallest absolute Gasteiger partial charge is 0.255 e. The lowest BCUT2D eigenvalue weighted by molar-refractivity contribution is -0.119. The van der Waals surface area contributed by atoms with Crippen LogP contribution in [0, 0.1) is 0 Å². The molecule has 0 aliphatic heterocycles. The van der Waals surface area contributed by atoms with Crippen molar-refractivity contribution >= 4 is 17.2 Å². The lowest BCUT2D eigenvalue weighted by Crippen LogP contribution is -2.19. The monoisotopic (exact) mass is 290 g/mol. The second-order valence-electron chi connectivity index (χ2n) is 5.57. The first-order valence-electron chi connectivity index (χ1n) is 6.34. The highest BCUT2D eigenvalue weighted by Gasteiger charge is 2.18. The minimum absolute atomic E-state index is 0.0365. The number of amides is 1. The summed E-state index contributed by atoms with van der Waals surface area (Å²) < 4.78 is 5.31. The van der Waals surface area contributed by atoms with Crippen molar-refractivity contribution in [3.05, 3.63) is 35.3 Å². The van der Waals surface area contributed by atoms with Crippen LogP contribution < -0.4 is 10.5 Å². The van der Waals surface area contributed by atoms with Gasteiger partial charge in [0, 0.05) is 16.4 Å². The molecule has 0 saturated heterocycles. The molecule has 20 heavy (non-hydrogen) atoms. The van der Waals surface area contributed by atoms with Gasteiger partial charge in [-0.1, -0.05) is 32.9 Å². The summed E-state index contributed by atoms with van der Waals surface area (Å²) in [6.07, 6.45) is 0. The predicted octanol–water partition coefficient (Wildman–Crippen LogP) is 2.97. The Bertz CT molecular complexity index is 614. The summed E-state index contributed by atoms with van der Waals surface area (Å²) >= 11 is 1.60. The molecular weight excluding hydrogens is 272 g/mol. The molecule has 1 amide bonds. The SMILES string of the molecule is CC(C)(C)c1csc(-c2cccc(OCC(N)=O)c2)n1. The Morgan fingerprint density at radius 3 is 2.75 bits per heavy atom. The predicted molar refractivity (Wildman–Crippen MR) is 80.9 cm³/mol. The Balaban J connectivity index is 2.22. The maximum atomic E-state index is 10.7. The Morgan fingerprint density at radius 1 is 1.40 bits per heavy atom. The van der Waals surface area contributed by atoms with Gasteiger partial charge in [-0.3, -0.25) is 4.79 Å². The van der Waals surface area contributed by atoms with E-state index in [0.717, 1.165) is 16.3 Å². The third kappa shape index (κ3) is 3.57. The number of nitrogens with zero attached hydrogens (tertiary/aromatic N) is 1. The molecule has 0 aliphatic carbocycles. The van der Waals surface area contributed by atoms with E-state index in [1.807, 2.05) is 18.2 Å². The number of carbonyl (C=O) groups excluding carboxylic acids is 1. The molecule has 0 unspecified atom stereocenters. The fraction of sp³-hybridized carbons (Fsp3) is 0.333. The molecular formula is C15H18N2O2S. The van der Waals surface area contributed by atoms with Crippen LogP contribution in [0.2, 0.25) is 0 Å². The van der Waals surface area contributed by atoms with E-state index in [2.05, 4.69) is 31.1 Å². The highest BCUT2D eigenvalue weighted by molar-refractivity contribution is 7.13. The van der Waals surface area contributed by atoms with Crippen LogP contribution in [0.25, 0.3) is 10.6 Å². The standard InChI is InChI=1S/C15H18N2O2S/c1-15(2,3)12-9-20-14(17-12)10-5-4-6-11(7-10)19-8-13(16)18/h4-7,9H,8H2,1-3H3,(H2,16,18). The third-order valence-electron chi connectivity index (χ3n) is 2.73. The van der Waals surface area contributed by atoms with Crippen LogP contribution in [-0.4, -0.2) is 17.5 Å². The summed E-state index contributed by atoms with van der Waals surface area (Å²) in [4.78, 5) is 15.4. The quantitative estimate of drug-likeness (QED) is 0.941. The van der Waals surface area contributed by atoms with E-state index >= 15 is 0 Å². The molecule has 2 rings (SSSR count). The van der Waals surface area contributed by atoms with Gasteiger partial charge < -0.3 is 10.5 Å². The number of hydrogen-bond donors (Lipinski definition) is 1. The Hall–Kier alpha value is -1.88. The van der Waals surface area contributed by atoms with Gasteiger partial charge in [-0.15, -0.1) is 11.3 Å². The number of carbonyl (C=O) groups is 1. The average molecular weight is 290 g/mol. The molecule has 1 heterocycles. The molecule has 2 N–H and O–H groups in total. The first kappa shape index (κ1) is 14.5. The van der Waals surface area contributed by atoms with Crippen molar-refractivity contribution in [2.75, 3.05) is 6.61 Å². The summed E-state index contributed by atoms with van der Waals surface area (Å²) in [6.45, 7) is 6.29. The van der Waals surface area contributed by atoms with Crippen molar-refractivity contribution < 1.29 is 9.53 Å². The fourth-order valence-electron chi connectivity index (χ4n) is 1.62. The van der Waals surface area contributed by atoms with Crippen LogP contribution in [0.1, 0.15) is 26.5 Å². The van der Waals surface area contributed by atoms with Gasteiger partial charge in [0.1, 0.15) is 10.8 Å². The van der Waals surface area contributed by atoms with E-state index in [-0.39, 0.29) is 12.0 Å². The molecule has 1 aromatic heterocycles. The summed E-state index contributed by atoms with van der Waals surface area (Å²) in [6, 6.07) is 7.52. The van der Waals surface area contributed by atoms with Crippen LogP contribution in [0.3, 0.4) is 0 Å². The molecule has 4 nitrogen and oxygen atoms in total. The van der Waals surface area contributed by atoms with Crippen molar-refractivity contribution in [3.8, 4) is 16.3 Å². The van der Waals surface area contributed by atoms with Gasteiger partial charge in [0.25, 0.3) is 5.91 Å². The highest BCUT2D eigenvalue weighted by Crippen LogP contribution is 2.31. The second kappa shape index (κ2) is 5.63. The lowest BCUT2D eigenvalue weighted by Gasteiger charge is -2.14. The highest BCUT2D eigenvalue weighted by atomic mass is 32.1. The van der Waals surface area contributed by atoms with Crippen molar-refractivity contribution in [3.63, 3.8) is 0 Å². The molecule has 5 heteroatoms. The summed E-state index contributed by atoms with van der Waals surface area (Å²) in [5, 5.41) is 3.02. The number of ether oxygens (including phenoxy) is 1. The first-order valence-corrected chi connectivity index (χ1v) is 7.22. The minimum Gasteiger partial charge on any atom is -0.484 e. The van der Waals surface area contributed by atoms with Gasteiger partial charge in [-0.2, -0.15) is 0 Å². The van der Waals surface area contributed by atoms with Crippen LogP contribution in [0.15, 0.2) is 29.6 Å². The van der Waals surface area contributed by atoms with E-state index < -0.39 is 5.91 Å². The average Bonchev–Trinajstić information content (AvgIpc) is 2.86. The van der Waals surface area contributed by atoms with Crippen LogP contribution in [-0.2, 0) is 10.2 Å². The Morgan fingerprint density at radius 2 is 2.15 bits per heavy atom. The molecule has 0 aliphatic rings. The molecule has 0 bridgehead atoms. The number of benzene rings is 1. The number of rotatable bonds is 4. The first-order chi connectivity index (χ1) is 9.36. The van der Waals surface area contributed by atoms with Gasteiger partial charge >= 0.3 is 0 Å². The number of nitrogens with two attached hydrogens (primary N) is 1. The van der Waals surface area contributed by atoms with E-state index in [9.17, 15) is 4.79 Å². The van der Waals surface area contributed by atoms with Crippen molar-refractivity contribution in [2.45, 2.75) is 26.2 Å². The zero-order valence-corrected chi connectivity index (χ0v) is 12.7. The van der Waals surface area contributed by atoms with Gasteiger partial charge in [-0.05, 0) is 12.1 Å². The number of hydrogen-bond acceptors (Lipinski definition) is 4. The lowest BCUT2D eigenvalue weighted by atomic mass is 9.93. The largest absolute Gasteiger partial charge is 0.484 e. The van der Waals surface area contributed by atoms with Crippen molar-refractivity contribution in [1.82, 2.24) is 4.98 Å². The molecule has 0 saturated carbocycles. The minimum atomic E-state index is -0.486.